The number of nitrogens with one attached hydrogen (secondary N) is 2. The number of rotatable bonds is 3. The Bertz CT molecular complexity index is 480. The zero-order chi connectivity index (χ0) is 13.2. The fraction of sp³-hybridized carbons (Fsp3) is 0.533. The van der Waals surface area contributed by atoms with Gasteiger partial charge in [-0.1, -0.05) is 0 Å². The number of Topliss-reactive ketones (excluding diaryl/α,β-unsaturated/α-hetero) is 1. The van der Waals surface area contributed by atoms with Crippen LogP contribution in [0, 0.1) is 0 Å². The van der Waals surface area contributed by atoms with E-state index in [1.54, 1.807) is 0 Å². The van der Waals surface area contributed by atoms with Crippen LogP contribution in [0.3, 0.4) is 0 Å². The van der Waals surface area contributed by atoms with Gasteiger partial charge in [-0.2, -0.15) is 0 Å². The van der Waals surface area contributed by atoms with E-state index in [1.165, 1.54) is 11.3 Å². The fourth-order valence-electron chi connectivity index (χ4n) is 2.89. The summed E-state index contributed by atoms with van der Waals surface area (Å²) in [6.45, 7) is 6.62. The highest BCUT2D eigenvalue weighted by atomic mass is 16.1. The molecular weight excluding hydrogens is 238 g/mol. The van der Waals surface area contributed by atoms with Crippen LogP contribution in [-0.2, 0) is 6.42 Å². The molecule has 1 saturated heterocycles. The molecule has 0 bridgehead atoms. The van der Waals surface area contributed by atoms with Crippen molar-refractivity contribution in [2.45, 2.75) is 19.4 Å². The van der Waals surface area contributed by atoms with Crippen molar-refractivity contribution in [3.63, 3.8) is 0 Å². The van der Waals surface area contributed by atoms with E-state index >= 15 is 0 Å². The third-order valence-electron chi connectivity index (χ3n) is 3.93. The molecule has 0 amide bonds. The molecule has 1 aromatic rings. The predicted octanol–water partition coefficient (Wildman–Crippen LogP) is 1.13. The summed E-state index contributed by atoms with van der Waals surface area (Å²) in [5.74, 6) is 0.240. The van der Waals surface area contributed by atoms with Gasteiger partial charge in [0, 0.05) is 43.5 Å². The molecule has 3 rings (SSSR count). The first-order valence-electron chi connectivity index (χ1n) is 7.08. The number of ketones is 1. The molecule has 0 saturated carbocycles. The van der Waals surface area contributed by atoms with E-state index in [2.05, 4.69) is 28.5 Å². The molecule has 19 heavy (non-hydrogen) atoms. The lowest BCUT2D eigenvalue weighted by Crippen LogP contribution is -2.45. The highest BCUT2D eigenvalue weighted by Crippen LogP contribution is 2.26. The number of carbonyl (C=O) groups is 1. The van der Waals surface area contributed by atoms with Gasteiger partial charge in [0.25, 0.3) is 0 Å². The number of hydrogen-bond donors (Lipinski definition) is 2. The lowest BCUT2D eigenvalue weighted by atomic mass is 10.0. The SMILES string of the molecule is CC1Cc2cc(C(=O)CN3CCNCC3)ccc2N1. The number of anilines is 1. The van der Waals surface area contributed by atoms with Crippen molar-refractivity contribution < 1.29 is 4.79 Å². The van der Waals surface area contributed by atoms with Crippen molar-refractivity contribution in [3.8, 4) is 0 Å². The van der Waals surface area contributed by atoms with Gasteiger partial charge in [-0.05, 0) is 37.1 Å². The second kappa shape index (κ2) is 5.31. The van der Waals surface area contributed by atoms with Crippen LogP contribution in [0.25, 0.3) is 0 Å². The monoisotopic (exact) mass is 259 g/mol. The fourth-order valence-corrected chi connectivity index (χ4v) is 2.89. The van der Waals surface area contributed by atoms with Crippen molar-refractivity contribution in [3.05, 3.63) is 29.3 Å². The first kappa shape index (κ1) is 12.6. The van der Waals surface area contributed by atoms with Crippen LogP contribution in [-0.4, -0.2) is 49.4 Å². The summed E-state index contributed by atoms with van der Waals surface area (Å²) >= 11 is 0. The summed E-state index contributed by atoms with van der Waals surface area (Å²) in [6, 6.07) is 6.54. The Labute approximate surface area is 114 Å². The minimum Gasteiger partial charge on any atom is -0.382 e. The largest absolute Gasteiger partial charge is 0.382 e. The molecule has 102 valence electrons. The molecule has 0 aromatic heterocycles. The normalized spacial score (nSPS) is 22.9. The maximum atomic E-state index is 12.3. The van der Waals surface area contributed by atoms with Crippen molar-refractivity contribution in [1.82, 2.24) is 10.2 Å². The molecule has 1 unspecified atom stereocenters. The summed E-state index contributed by atoms with van der Waals surface area (Å²) in [5, 5.41) is 6.72. The Morgan fingerprint density at radius 2 is 2.16 bits per heavy atom. The first-order chi connectivity index (χ1) is 9.22. The summed E-state index contributed by atoms with van der Waals surface area (Å²) in [7, 11) is 0. The van der Waals surface area contributed by atoms with Crippen LogP contribution in [0.15, 0.2) is 18.2 Å². The Balaban J connectivity index is 1.68. The van der Waals surface area contributed by atoms with Crippen molar-refractivity contribution >= 4 is 11.5 Å². The molecule has 0 radical (unpaired) electrons. The number of hydrogen-bond acceptors (Lipinski definition) is 4. The van der Waals surface area contributed by atoms with Gasteiger partial charge in [0.1, 0.15) is 0 Å². The third kappa shape index (κ3) is 2.80. The molecule has 1 aromatic carbocycles. The Hall–Kier alpha value is -1.39. The quantitative estimate of drug-likeness (QED) is 0.799. The Morgan fingerprint density at radius 1 is 1.37 bits per heavy atom. The van der Waals surface area contributed by atoms with Gasteiger partial charge >= 0.3 is 0 Å². The first-order valence-corrected chi connectivity index (χ1v) is 7.08. The van der Waals surface area contributed by atoms with Gasteiger partial charge in [0.2, 0.25) is 0 Å². The van der Waals surface area contributed by atoms with Gasteiger partial charge in [-0.15, -0.1) is 0 Å². The number of piperazine rings is 1. The smallest absolute Gasteiger partial charge is 0.176 e. The summed E-state index contributed by atoms with van der Waals surface area (Å²) < 4.78 is 0. The van der Waals surface area contributed by atoms with Gasteiger partial charge in [0.05, 0.1) is 6.54 Å². The molecule has 2 aliphatic heterocycles. The Kier molecular flexibility index (Phi) is 3.53. The molecule has 0 spiro atoms. The van der Waals surface area contributed by atoms with Crippen molar-refractivity contribution in [2.75, 3.05) is 38.0 Å². The summed E-state index contributed by atoms with van der Waals surface area (Å²) in [4.78, 5) is 14.5. The van der Waals surface area contributed by atoms with Gasteiger partial charge in [0.15, 0.2) is 5.78 Å². The van der Waals surface area contributed by atoms with Crippen LogP contribution in [0.2, 0.25) is 0 Å². The van der Waals surface area contributed by atoms with Gasteiger partial charge in [-0.3, -0.25) is 9.69 Å². The van der Waals surface area contributed by atoms with E-state index < -0.39 is 0 Å². The Morgan fingerprint density at radius 3 is 2.95 bits per heavy atom. The second-order valence-corrected chi connectivity index (χ2v) is 5.57. The van der Waals surface area contributed by atoms with E-state index in [0.717, 1.165) is 38.2 Å². The van der Waals surface area contributed by atoms with E-state index in [4.69, 9.17) is 0 Å². The molecule has 4 nitrogen and oxygen atoms in total. The lowest BCUT2D eigenvalue weighted by Gasteiger charge is -2.26. The summed E-state index contributed by atoms with van der Waals surface area (Å²) in [5.41, 5.74) is 3.32. The molecule has 1 fully saturated rings. The minimum absolute atomic E-state index is 0.240. The molecule has 2 aliphatic rings. The van der Waals surface area contributed by atoms with Crippen LogP contribution in [0.4, 0.5) is 5.69 Å². The van der Waals surface area contributed by atoms with E-state index in [0.29, 0.717) is 12.6 Å². The van der Waals surface area contributed by atoms with Gasteiger partial charge in [-0.25, -0.2) is 0 Å². The van der Waals surface area contributed by atoms with Crippen molar-refractivity contribution in [2.24, 2.45) is 0 Å². The standard InChI is InChI=1S/C15H21N3O/c1-11-8-13-9-12(2-3-14(13)17-11)15(19)10-18-6-4-16-5-7-18/h2-3,9,11,16-17H,4-8,10H2,1H3. The second-order valence-electron chi connectivity index (χ2n) is 5.57. The van der Waals surface area contributed by atoms with Crippen molar-refractivity contribution in [1.29, 1.82) is 0 Å². The molecule has 0 aliphatic carbocycles. The minimum atomic E-state index is 0.240. The molecule has 1 atom stereocenters. The third-order valence-corrected chi connectivity index (χ3v) is 3.93. The average Bonchev–Trinajstić information content (AvgIpc) is 2.78. The maximum Gasteiger partial charge on any atom is 0.176 e. The highest BCUT2D eigenvalue weighted by molar-refractivity contribution is 5.98. The summed E-state index contributed by atoms with van der Waals surface area (Å²) in [6.07, 6.45) is 1.02. The lowest BCUT2D eigenvalue weighted by molar-refractivity contribution is 0.0921. The number of fused-ring (bicyclic) bond motifs is 1. The van der Waals surface area contributed by atoms with E-state index in [1.807, 2.05) is 12.1 Å². The zero-order valence-electron chi connectivity index (χ0n) is 11.4. The van der Waals surface area contributed by atoms with Crippen LogP contribution in [0.5, 0.6) is 0 Å². The van der Waals surface area contributed by atoms with E-state index in [-0.39, 0.29) is 5.78 Å². The van der Waals surface area contributed by atoms with E-state index in [9.17, 15) is 4.79 Å². The molecular formula is C15H21N3O. The average molecular weight is 259 g/mol. The number of carbonyl (C=O) groups excluding carboxylic acids is 1. The number of nitrogens with zero attached hydrogens (tertiary/aromatic N) is 1. The van der Waals surface area contributed by atoms with Crippen LogP contribution >= 0.6 is 0 Å². The highest BCUT2D eigenvalue weighted by Gasteiger charge is 2.19. The topological polar surface area (TPSA) is 44.4 Å². The number of benzene rings is 1. The zero-order valence-corrected chi connectivity index (χ0v) is 11.4. The van der Waals surface area contributed by atoms with Crippen LogP contribution < -0.4 is 10.6 Å². The molecule has 2 N–H and O–H groups in total. The predicted molar refractivity (Wildman–Crippen MR) is 76.9 cm³/mol. The molecule has 2 heterocycles. The molecule has 4 heteroatoms. The van der Waals surface area contributed by atoms with Gasteiger partial charge < -0.3 is 10.6 Å². The van der Waals surface area contributed by atoms with Crippen LogP contribution in [0.1, 0.15) is 22.8 Å². The maximum absolute atomic E-state index is 12.3.